The van der Waals surface area contributed by atoms with Gasteiger partial charge in [-0.1, -0.05) is 58.0 Å². The van der Waals surface area contributed by atoms with Gasteiger partial charge in [0.1, 0.15) is 0 Å². The lowest BCUT2D eigenvalue weighted by Gasteiger charge is -2.28. The standard InChI is InChI=1S/C15H20ClN3/c1-11(15(2,3)4)10-19-13(17-18-14(19)16)12-8-6-5-7-9-12/h5-9,11H,10H2,1-4H3. The minimum absolute atomic E-state index is 0.224. The summed E-state index contributed by atoms with van der Waals surface area (Å²) in [5, 5.41) is 8.66. The fourth-order valence-corrected chi connectivity index (χ4v) is 1.98. The van der Waals surface area contributed by atoms with Gasteiger partial charge in [0.25, 0.3) is 0 Å². The second-order valence-corrected chi connectivity index (χ2v) is 6.37. The van der Waals surface area contributed by atoms with E-state index in [1.54, 1.807) is 0 Å². The van der Waals surface area contributed by atoms with E-state index in [0.29, 0.717) is 11.2 Å². The van der Waals surface area contributed by atoms with Crippen LogP contribution >= 0.6 is 11.6 Å². The first-order valence-electron chi connectivity index (χ1n) is 6.53. The molecule has 0 N–H and O–H groups in total. The molecular weight excluding hydrogens is 258 g/mol. The van der Waals surface area contributed by atoms with Crippen molar-refractivity contribution < 1.29 is 0 Å². The van der Waals surface area contributed by atoms with E-state index in [1.807, 2.05) is 34.9 Å². The van der Waals surface area contributed by atoms with E-state index < -0.39 is 0 Å². The number of benzene rings is 1. The zero-order valence-corrected chi connectivity index (χ0v) is 12.6. The third-order valence-corrected chi connectivity index (χ3v) is 3.95. The molecule has 0 fully saturated rings. The Hall–Kier alpha value is -1.35. The molecule has 2 rings (SSSR count). The molecule has 0 bridgehead atoms. The topological polar surface area (TPSA) is 30.7 Å². The first-order valence-corrected chi connectivity index (χ1v) is 6.91. The van der Waals surface area contributed by atoms with Crippen LogP contribution in [0.2, 0.25) is 5.28 Å². The Labute approximate surface area is 119 Å². The lowest BCUT2D eigenvalue weighted by atomic mass is 9.82. The van der Waals surface area contributed by atoms with Crippen LogP contribution in [-0.2, 0) is 6.54 Å². The maximum absolute atomic E-state index is 6.18. The predicted molar refractivity (Wildman–Crippen MR) is 79.1 cm³/mol. The molecule has 1 atom stereocenters. The highest BCUT2D eigenvalue weighted by Crippen LogP contribution is 2.29. The van der Waals surface area contributed by atoms with Crippen LogP contribution in [0.4, 0.5) is 0 Å². The summed E-state index contributed by atoms with van der Waals surface area (Å²) >= 11 is 6.18. The van der Waals surface area contributed by atoms with Crippen LogP contribution in [0.15, 0.2) is 30.3 Å². The summed E-state index contributed by atoms with van der Waals surface area (Å²) in [5.41, 5.74) is 1.27. The smallest absolute Gasteiger partial charge is 0.225 e. The van der Waals surface area contributed by atoms with Crippen molar-refractivity contribution in [3.05, 3.63) is 35.6 Å². The number of rotatable bonds is 3. The Kier molecular flexibility index (Phi) is 3.95. The quantitative estimate of drug-likeness (QED) is 0.838. The third-order valence-electron chi connectivity index (χ3n) is 3.67. The second kappa shape index (κ2) is 5.33. The largest absolute Gasteiger partial charge is 0.297 e. The molecule has 0 saturated heterocycles. The van der Waals surface area contributed by atoms with Gasteiger partial charge in [-0.15, -0.1) is 10.2 Å². The maximum Gasteiger partial charge on any atom is 0.225 e. The summed E-state index contributed by atoms with van der Waals surface area (Å²) in [7, 11) is 0. The average molecular weight is 278 g/mol. The molecule has 2 aromatic rings. The molecule has 19 heavy (non-hydrogen) atoms. The van der Waals surface area contributed by atoms with Gasteiger partial charge in [-0.3, -0.25) is 4.57 Å². The van der Waals surface area contributed by atoms with Gasteiger partial charge >= 0.3 is 0 Å². The molecule has 4 heteroatoms. The van der Waals surface area contributed by atoms with E-state index in [4.69, 9.17) is 11.6 Å². The van der Waals surface area contributed by atoms with Gasteiger partial charge in [0, 0.05) is 12.1 Å². The highest BCUT2D eigenvalue weighted by Gasteiger charge is 2.23. The van der Waals surface area contributed by atoms with Crippen molar-refractivity contribution in [1.82, 2.24) is 14.8 Å². The number of nitrogens with zero attached hydrogens (tertiary/aromatic N) is 3. The van der Waals surface area contributed by atoms with Crippen LogP contribution in [-0.4, -0.2) is 14.8 Å². The monoisotopic (exact) mass is 277 g/mol. The van der Waals surface area contributed by atoms with Crippen LogP contribution in [0.5, 0.6) is 0 Å². The van der Waals surface area contributed by atoms with E-state index in [-0.39, 0.29) is 5.41 Å². The van der Waals surface area contributed by atoms with Crippen LogP contribution in [0.25, 0.3) is 11.4 Å². The SMILES string of the molecule is CC(Cn1c(Cl)nnc1-c1ccccc1)C(C)(C)C. The molecule has 1 heterocycles. The summed E-state index contributed by atoms with van der Waals surface area (Å²) < 4.78 is 1.99. The highest BCUT2D eigenvalue weighted by atomic mass is 35.5. The van der Waals surface area contributed by atoms with E-state index in [2.05, 4.69) is 37.9 Å². The molecule has 3 nitrogen and oxygen atoms in total. The summed E-state index contributed by atoms with van der Waals surface area (Å²) in [4.78, 5) is 0. The predicted octanol–water partition coefficient (Wildman–Crippen LogP) is 4.28. The summed E-state index contributed by atoms with van der Waals surface area (Å²) in [6.07, 6.45) is 0. The Bertz CT molecular complexity index is 540. The molecule has 0 aliphatic carbocycles. The molecule has 1 unspecified atom stereocenters. The van der Waals surface area contributed by atoms with Crippen molar-refractivity contribution in [3.8, 4) is 11.4 Å². The van der Waals surface area contributed by atoms with Crippen LogP contribution in [0.1, 0.15) is 27.7 Å². The lowest BCUT2D eigenvalue weighted by Crippen LogP contribution is -2.22. The molecule has 0 aliphatic rings. The molecule has 0 amide bonds. The maximum atomic E-state index is 6.18. The minimum Gasteiger partial charge on any atom is -0.297 e. The van der Waals surface area contributed by atoms with Crippen LogP contribution in [0.3, 0.4) is 0 Å². The number of halogens is 1. The van der Waals surface area contributed by atoms with Crippen molar-refractivity contribution >= 4 is 11.6 Å². The van der Waals surface area contributed by atoms with Gasteiger partial charge in [-0.05, 0) is 22.9 Å². The van der Waals surface area contributed by atoms with Crippen LogP contribution < -0.4 is 0 Å². The van der Waals surface area contributed by atoms with Crippen molar-refractivity contribution in [2.24, 2.45) is 11.3 Å². The normalized spacial score (nSPS) is 13.5. The summed E-state index contributed by atoms with van der Waals surface area (Å²) in [6, 6.07) is 10.0. The molecule has 102 valence electrons. The van der Waals surface area contributed by atoms with Gasteiger partial charge < -0.3 is 0 Å². The first kappa shape index (κ1) is 14.1. The molecule has 0 spiro atoms. The first-order chi connectivity index (χ1) is 8.89. The van der Waals surface area contributed by atoms with Crippen LogP contribution in [0, 0.1) is 11.3 Å². The fourth-order valence-electron chi connectivity index (χ4n) is 1.79. The molecule has 0 aliphatic heterocycles. The third kappa shape index (κ3) is 3.16. The number of hydrogen-bond donors (Lipinski definition) is 0. The van der Waals surface area contributed by atoms with Crippen molar-refractivity contribution in [2.45, 2.75) is 34.2 Å². The zero-order chi connectivity index (χ0) is 14.0. The Morgan fingerprint density at radius 1 is 1.16 bits per heavy atom. The van der Waals surface area contributed by atoms with Crippen molar-refractivity contribution in [1.29, 1.82) is 0 Å². The summed E-state index contributed by atoms with van der Waals surface area (Å²) in [5.74, 6) is 1.31. The Balaban J connectivity index is 2.34. The molecular formula is C15H20ClN3. The molecule has 1 aromatic carbocycles. The zero-order valence-electron chi connectivity index (χ0n) is 11.9. The van der Waals surface area contributed by atoms with Gasteiger partial charge in [-0.2, -0.15) is 0 Å². The van der Waals surface area contributed by atoms with E-state index in [1.165, 1.54) is 0 Å². The lowest BCUT2D eigenvalue weighted by molar-refractivity contribution is 0.233. The van der Waals surface area contributed by atoms with Crippen molar-refractivity contribution in [3.63, 3.8) is 0 Å². The second-order valence-electron chi connectivity index (χ2n) is 6.04. The highest BCUT2D eigenvalue weighted by molar-refractivity contribution is 6.28. The van der Waals surface area contributed by atoms with Gasteiger partial charge in [-0.25, -0.2) is 0 Å². The van der Waals surface area contributed by atoms with Gasteiger partial charge in [0.15, 0.2) is 5.82 Å². The van der Waals surface area contributed by atoms with Gasteiger partial charge in [0.2, 0.25) is 5.28 Å². The fraction of sp³-hybridized carbons (Fsp3) is 0.467. The molecule has 1 aromatic heterocycles. The number of aromatic nitrogens is 3. The van der Waals surface area contributed by atoms with Gasteiger partial charge in [0.05, 0.1) is 0 Å². The minimum atomic E-state index is 0.224. The molecule has 0 radical (unpaired) electrons. The van der Waals surface area contributed by atoms with E-state index in [0.717, 1.165) is 17.9 Å². The van der Waals surface area contributed by atoms with Crippen molar-refractivity contribution in [2.75, 3.05) is 0 Å². The average Bonchev–Trinajstić information content (AvgIpc) is 2.71. The Morgan fingerprint density at radius 3 is 2.37 bits per heavy atom. The summed E-state index contributed by atoms with van der Waals surface area (Å²) in [6.45, 7) is 9.75. The Morgan fingerprint density at radius 2 is 1.79 bits per heavy atom. The van der Waals surface area contributed by atoms with E-state index in [9.17, 15) is 0 Å². The molecule has 0 saturated carbocycles. The van der Waals surface area contributed by atoms with E-state index >= 15 is 0 Å². The number of hydrogen-bond acceptors (Lipinski definition) is 2.